The minimum absolute atomic E-state index is 0.102. The molecular weight excluding hydrogens is 442 g/mol. The highest BCUT2D eigenvalue weighted by molar-refractivity contribution is 7.86. The van der Waals surface area contributed by atoms with Gasteiger partial charge in [0.2, 0.25) is 5.89 Å². The number of benzene rings is 1. The molecule has 0 aliphatic rings. The zero-order chi connectivity index (χ0) is 22.6. The third-order valence-corrected chi connectivity index (χ3v) is 7.05. The zero-order valence-corrected chi connectivity index (χ0v) is 18.9. The maximum atomic E-state index is 12.4. The molecular formula is C20H23N3O6S2. The highest BCUT2D eigenvalue weighted by atomic mass is 32.2. The molecule has 2 aromatic heterocycles. The van der Waals surface area contributed by atoms with E-state index < -0.39 is 22.7 Å². The van der Waals surface area contributed by atoms with Crippen molar-refractivity contribution in [3.8, 4) is 16.5 Å². The second-order valence-corrected chi connectivity index (χ2v) is 9.98. The molecule has 11 heteroatoms. The lowest BCUT2D eigenvalue weighted by Crippen LogP contribution is -2.42. The Bertz CT molecular complexity index is 1140. The summed E-state index contributed by atoms with van der Waals surface area (Å²) in [7, 11) is -1.19. The van der Waals surface area contributed by atoms with E-state index in [1.807, 2.05) is 24.4 Å². The zero-order valence-electron chi connectivity index (χ0n) is 17.3. The number of carboxylic acid groups (broad SMARTS) is 1. The number of aliphatic carboxylic acids is 1. The van der Waals surface area contributed by atoms with Crippen LogP contribution in [0.5, 0.6) is 5.75 Å². The minimum Gasteiger partial charge on any atom is -0.487 e. The van der Waals surface area contributed by atoms with Crippen molar-refractivity contribution in [3.63, 3.8) is 0 Å². The van der Waals surface area contributed by atoms with Gasteiger partial charge in [-0.25, -0.2) is 4.98 Å². The van der Waals surface area contributed by atoms with Crippen molar-refractivity contribution >= 4 is 27.5 Å². The molecule has 1 N–H and O–H groups in total. The molecule has 0 amide bonds. The van der Waals surface area contributed by atoms with Gasteiger partial charge in [0.05, 0.1) is 4.88 Å². The smallest absolute Gasteiger partial charge is 0.318 e. The van der Waals surface area contributed by atoms with Gasteiger partial charge in [-0.15, -0.1) is 11.3 Å². The molecule has 0 saturated heterocycles. The van der Waals surface area contributed by atoms with Crippen molar-refractivity contribution < 1.29 is 27.5 Å². The van der Waals surface area contributed by atoms with E-state index in [-0.39, 0.29) is 13.2 Å². The molecule has 0 aliphatic heterocycles. The summed E-state index contributed by atoms with van der Waals surface area (Å²) in [6.45, 7) is 1.25. The van der Waals surface area contributed by atoms with E-state index in [9.17, 15) is 13.2 Å². The van der Waals surface area contributed by atoms with Gasteiger partial charge >= 0.3 is 5.97 Å². The summed E-state index contributed by atoms with van der Waals surface area (Å²) < 4.78 is 38.3. The Labute approximate surface area is 184 Å². The second kappa shape index (κ2) is 9.60. The molecule has 3 aromatic rings. The SMILES string of the molecule is Cc1oc(-c2cccs2)nc1COc1cccc(CN(CC(=O)O)S(=O)(=O)N(C)C)c1. The molecule has 0 atom stereocenters. The molecule has 166 valence electrons. The normalized spacial score (nSPS) is 11.9. The Balaban J connectivity index is 1.72. The molecule has 2 heterocycles. The third kappa shape index (κ3) is 5.70. The van der Waals surface area contributed by atoms with Crippen LogP contribution < -0.4 is 4.74 Å². The molecule has 9 nitrogen and oxygen atoms in total. The fraction of sp³-hybridized carbons (Fsp3) is 0.300. The lowest BCUT2D eigenvalue weighted by atomic mass is 10.2. The van der Waals surface area contributed by atoms with Crippen LogP contribution >= 0.6 is 11.3 Å². The quantitative estimate of drug-likeness (QED) is 0.490. The summed E-state index contributed by atoms with van der Waals surface area (Å²) in [6, 6.07) is 10.7. The van der Waals surface area contributed by atoms with Crippen molar-refractivity contribution in [3.05, 3.63) is 58.8 Å². The summed E-state index contributed by atoms with van der Waals surface area (Å²) in [6.07, 6.45) is 0. The molecule has 0 saturated carbocycles. The summed E-state index contributed by atoms with van der Waals surface area (Å²) >= 11 is 1.53. The Kier molecular flexibility index (Phi) is 7.11. The fourth-order valence-electron chi connectivity index (χ4n) is 2.76. The number of rotatable bonds is 10. The summed E-state index contributed by atoms with van der Waals surface area (Å²) in [5.74, 6) is 0.471. The molecule has 3 rings (SSSR count). The first kappa shape index (κ1) is 22.9. The van der Waals surface area contributed by atoms with Crippen LogP contribution in [0, 0.1) is 6.92 Å². The molecule has 31 heavy (non-hydrogen) atoms. The minimum atomic E-state index is -3.90. The van der Waals surface area contributed by atoms with E-state index in [1.54, 1.807) is 24.3 Å². The molecule has 0 bridgehead atoms. The molecule has 0 unspecified atom stereocenters. The van der Waals surface area contributed by atoms with Crippen LogP contribution in [-0.4, -0.2) is 53.7 Å². The van der Waals surface area contributed by atoms with Gasteiger partial charge in [-0.3, -0.25) is 4.79 Å². The number of nitrogens with zero attached hydrogens (tertiary/aromatic N) is 3. The van der Waals surface area contributed by atoms with Crippen LogP contribution in [0.25, 0.3) is 10.8 Å². The van der Waals surface area contributed by atoms with Gasteiger partial charge < -0.3 is 14.3 Å². The second-order valence-electron chi connectivity index (χ2n) is 6.89. The lowest BCUT2D eigenvalue weighted by molar-refractivity contribution is -0.137. The van der Waals surface area contributed by atoms with Crippen LogP contribution in [0.1, 0.15) is 17.0 Å². The molecule has 1 aromatic carbocycles. The Morgan fingerprint density at radius 1 is 1.26 bits per heavy atom. The first-order valence-corrected chi connectivity index (χ1v) is 11.6. The van der Waals surface area contributed by atoms with Crippen LogP contribution in [0.3, 0.4) is 0 Å². The van der Waals surface area contributed by atoms with Crippen molar-refractivity contribution in [2.75, 3.05) is 20.6 Å². The Hall–Kier alpha value is -2.73. The Morgan fingerprint density at radius 2 is 2.03 bits per heavy atom. The summed E-state index contributed by atoms with van der Waals surface area (Å²) in [5.41, 5.74) is 1.26. The van der Waals surface area contributed by atoms with E-state index in [0.717, 1.165) is 13.5 Å². The number of ether oxygens (including phenoxy) is 1. The van der Waals surface area contributed by atoms with Gasteiger partial charge in [0.25, 0.3) is 10.2 Å². The van der Waals surface area contributed by atoms with Crippen LogP contribution in [0.2, 0.25) is 0 Å². The number of carboxylic acids is 1. The van der Waals surface area contributed by atoms with Crippen molar-refractivity contribution in [1.82, 2.24) is 13.6 Å². The van der Waals surface area contributed by atoms with Gasteiger partial charge in [0, 0.05) is 20.6 Å². The number of thiophene rings is 1. The van der Waals surface area contributed by atoms with Gasteiger partial charge in [-0.1, -0.05) is 18.2 Å². The first-order valence-electron chi connectivity index (χ1n) is 9.28. The first-order chi connectivity index (χ1) is 14.7. The van der Waals surface area contributed by atoms with Crippen molar-refractivity contribution in [2.24, 2.45) is 0 Å². The molecule has 0 radical (unpaired) electrons. The highest BCUT2D eigenvalue weighted by Gasteiger charge is 2.27. The van der Waals surface area contributed by atoms with Gasteiger partial charge in [-0.2, -0.15) is 17.0 Å². The predicted molar refractivity (Wildman–Crippen MR) is 116 cm³/mol. The fourth-order valence-corrected chi connectivity index (χ4v) is 4.45. The summed E-state index contributed by atoms with van der Waals surface area (Å²) in [5, 5.41) is 11.0. The highest BCUT2D eigenvalue weighted by Crippen LogP contribution is 2.26. The number of carbonyl (C=O) groups is 1. The average Bonchev–Trinajstić information content (AvgIpc) is 3.35. The van der Waals surface area contributed by atoms with E-state index in [0.29, 0.717) is 28.7 Å². The topological polar surface area (TPSA) is 113 Å². The summed E-state index contributed by atoms with van der Waals surface area (Å²) in [4.78, 5) is 16.6. The predicted octanol–water partition coefficient (Wildman–Crippen LogP) is 2.98. The molecule has 0 spiro atoms. The van der Waals surface area contributed by atoms with Gasteiger partial charge in [-0.05, 0) is 36.1 Å². The van der Waals surface area contributed by atoms with E-state index in [4.69, 9.17) is 14.3 Å². The standard InChI is InChI=1S/C20H23N3O6S2/c1-14-17(21-20(29-14)18-8-5-9-30-18)13-28-16-7-4-6-15(10-16)11-23(12-19(24)25)31(26,27)22(2)3/h4-10H,11-13H2,1-3H3,(H,24,25). The van der Waals surface area contributed by atoms with E-state index >= 15 is 0 Å². The van der Waals surface area contributed by atoms with E-state index in [2.05, 4.69) is 4.98 Å². The van der Waals surface area contributed by atoms with Crippen molar-refractivity contribution in [2.45, 2.75) is 20.1 Å². The van der Waals surface area contributed by atoms with Crippen molar-refractivity contribution in [1.29, 1.82) is 0 Å². The monoisotopic (exact) mass is 465 g/mol. The number of hydrogen-bond acceptors (Lipinski definition) is 7. The number of oxazole rings is 1. The maximum absolute atomic E-state index is 12.4. The van der Waals surface area contributed by atoms with Crippen LogP contribution in [0.15, 0.2) is 46.2 Å². The van der Waals surface area contributed by atoms with Crippen LogP contribution in [0.4, 0.5) is 0 Å². The number of hydrogen-bond donors (Lipinski definition) is 1. The largest absolute Gasteiger partial charge is 0.487 e. The average molecular weight is 466 g/mol. The van der Waals surface area contributed by atoms with Crippen LogP contribution in [-0.2, 0) is 28.2 Å². The number of aromatic nitrogens is 1. The van der Waals surface area contributed by atoms with Gasteiger partial charge in [0.1, 0.15) is 30.4 Å². The Morgan fingerprint density at radius 3 is 2.68 bits per heavy atom. The van der Waals surface area contributed by atoms with E-state index in [1.165, 1.54) is 25.4 Å². The number of aryl methyl sites for hydroxylation is 1. The molecule has 0 aliphatic carbocycles. The van der Waals surface area contributed by atoms with Gasteiger partial charge in [0.15, 0.2) is 0 Å². The lowest BCUT2D eigenvalue weighted by Gasteiger charge is -2.24. The third-order valence-electron chi connectivity index (χ3n) is 4.36. The molecule has 0 fully saturated rings. The maximum Gasteiger partial charge on any atom is 0.318 e.